The molecular weight excluding hydrogens is 266 g/mol. The Bertz CT molecular complexity index is 378. The summed E-state index contributed by atoms with van der Waals surface area (Å²) in [6.07, 6.45) is 0.189. The first-order valence-corrected chi connectivity index (χ1v) is 5.12. The lowest BCUT2D eigenvalue weighted by Gasteiger charge is -2.13. The third kappa shape index (κ3) is 3.17. The molecule has 0 amide bonds. The molecule has 1 unspecified atom stereocenters. The SMILES string of the molecule is CC(CC#N)Nc1c(F)cc(Br)cc1F. The number of benzene rings is 1. The number of halogens is 3. The van der Waals surface area contributed by atoms with Crippen LogP contribution in [-0.4, -0.2) is 6.04 Å². The van der Waals surface area contributed by atoms with Crippen molar-refractivity contribution in [3.8, 4) is 6.07 Å². The molecule has 5 heteroatoms. The quantitative estimate of drug-likeness (QED) is 0.917. The first-order chi connectivity index (χ1) is 7.04. The van der Waals surface area contributed by atoms with Crippen LogP contribution in [0.15, 0.2) is 16.6 Å². The summed E-state index contributed by atoms with van der Waals surface area (Å²) in [5.74, 6) is -1.35. The van der Waals surface area contributed by atoms with Crippen LogP contribution in [0.5, 0.6) is 0 Å². The molecule has 2 nitrogen and oxygen atoms in total. The molecule has 1 aromatic rings. The van der Waals surface area contributed by atoms with Crippen LogP contribution in [0.2, 0.25) is 0 Å². The zero-order valence-electron chi connectivity index (χ0n) is 8.02. The van der Waals surface area contributed by atoms with E-state index in [0.717, 1.165) is 0 Å². The summed E-state index contributed by atoms with van der Waals surface area (Å²) in [5, 5.41) is 11.0. The van der Waals surface area contributed by atoms with Gasteiger partial charge in [-0.2, -0.15) is 5.26 Å². The maximum Gasteiger partial charge on any atom is 0.150 e. The van der Waals surface area contributed by atoms with E-state index in [2.05, 4.69) is 21.2 Å². The lowest BCUT2D eigenvalue weighted by atomic mass is 10.2. The average Bonchev–Trinajstić information content (AvgIpc) is 2.11. The molecule has 0 aliphatic carbocycles. The Kier molecular flexibility index (Phi) is 4.04. The van der Waals surface area contributed by atoms with Crippen LogP contribution in [0.3, 0.4) is 0 Å². The summed E-state index contributed by atoms with van der Waals surface area (Å²) in [6.45, 7) is 1.68. The summed E-state index contributed by atoms with van der Waals surface area (Å²) >= 11 is 2.98. The van der Waals surface area contributed by atoms with E-state index in [4.69, 9.17) is 5.26 Å². The maximum atomic E-state index is 13.3. The van der Waals surface area contributed by atoms with Gasteiger partial charge in [-0.25, -0.2) is 8.78 Å². The number of nitriles is 1. The molecule has 15 heavy (non-hydrogen) atoms. The van der Waals surface area contributed by atoms with Crippen molar-refractivity contribution in [1.82, 2.24) is 0 Å². The minimum Gasteiger partial charge on any atom is -0.377 e. The lowest BCUT2D eigenvalue weighted by Crippen LogP contribution is -2.16. The Morgan fingerprint density at radius 3 is 2.47 bits per heavy atom. The van der Waals surface area contributed by atoms with E-state index >= 15 is 0 Å². The predicted octanol–water partition coefficient (Wildman–Crippen LogP) is 3.44. The molecule has 0 heterocycles. The average molecular weight is 275 g/mol. The molecule has 1 rings (SSSR count). The van der Waals surface area contributed by atoms with Crippen molar-refractivity contribution >= 4 is 21.6 Å². The number of nitrogens with one attached hydrogen (secondary N) is 1. The Labute approximate surface area is 95.0 Å². The molecule has 0 aliphatic rings. The largest absolute Gasteiger partial charge is 0.377 e. The van der Waals surface area contributed by atoms with Crippen LogP contribution < -0.4 is 5.32 Å². The van der Waals surface area contributed by atoms with Gasteiger partial charge in [0.2, 0.25) is 0 Å². The molecule has 1 N–H and O–H groups in total. The van der Waals surface area contributed by atoms with Crippen LogP contribution in [0.25, 0.3) is 0 Å². The summed E-state index contributed by atoms with van der Waals surface area (Å²) in [4.78, 5) is 0. The number of rotatable bonds is 3. The molecular formula is C10H9BrF2N2. The Hall–Kier alpha value is -1.15. The van der Waals surface area contributed by atoms with E-state index in [1.54, 1.807) is 6.92 Å². The molecule has 1 atom stereocenters. The van der Waals surface area contributed by atoms with Gasteiger partial charge >= 0.3 is 0 Å². The van der Waals surface area contributed by atoms with Gasteiger partial charge in [0.25, 0.3) is 0 Å². The van der Waals surface area contributed by atoms with Gasteiger partial charge < -0.3 is 5.32 Å². The first kappa shape index (κ1) is 11.9. The van der Waals surface area contributed by atoms with Gasteiger partial charge in [-0.1, -0.05) is 15.9 Å². The summed E-state index contributed by atoms with van der Waals surface area (Å²) in [7, 11) is 0. The molecule has 0 aliphatic heterocycles. The summed E-state index contributed by atoms with van der Waals surface area (Å²) in [6, 6.07) is 3.97. The lowest BCUT2D eigenvalue weighted by molar-refractivity contribution is 0.582. The second kappa shape index (κ2) is 5.08. The standard InChI is InChI=1S/C10H9BrF2N2/c1-6(2-3-14)15-10-8(12)4-7(11)5-9(10)13/h4-6,15H,2H2,1H3. The highest BCUT2D eigenvalue weighted by Gasteiger charge is 2.12. The van der Waals surface area contributed by atoms with Gasteiger partial charge in [0, 0.05) is 10.5 Å². The van der Waals surface area contributed by atoms with Gasteiger partial charge in [0.1, 0.15) is 17.3 Å². The molecule has 0 saturated heterocycles. The van der Waals surface area contributed by atoms with E-state index in [9.17, 15) is 8.78 Å². The van der Waals surface area contributed by atoms with E-state index < -0.39 is 11.6 Å². The monoisotopic (exact) mass is 274 g/mol. The van der Waals surface area contributed by atoms with Crippen molar-refractivity contribution in [1.29, 1.82) is 5.26 Å². The van der Waals surface area contributed by atoms with Crippen LogP contribution in [0.1, 0.15) is 13.3 Å². The Morgan fingerprint density at radius 2 is 2.00 bits per heavy atom. The minimum atomic E-state index is -0.674. The summed E-state index contributed by atoms with van der Waals surface area (Å²) in [5.41, 5.74) is -0.194. The van der Waals surface area contributed by atoms with Crippen molar-refractivity contribution < 1.29 is 8.78 Å². The molecule has 0 fully saturated rings. The Morgan fingerprint density at radius 1 is 1.47 bits per heavy atom. The molecule has 0 bridgehead atoms. The van der Waals surface area contributed by atoms with Crippen molar-refractivity contribution in [2.24, 2.45) is 0 Å². The number of nitrogens with zero attached hydrogens (tertiary/aromatic N) is 1. The normalized spacial score (nSPS) is 11.9. The third-order valence-electron chi connectivity index (χ3n) is 1.80. The first-order valence-electron chi connectivity index (χ1n) is 4.32. The van der Waals surface area contributed by atoms with E-state index in [1.807, 2.05) is 6.07 Å². The predicted molar refractivity (Wildman–Crippen MR) is 57.4 cm³/mol. The molecule has 0 saturated carbocycles. The zero-order chi connectivity index (χ0) is 11.4. The van der Waals surface area contributed by atoms with Crippen molar-refractivity contribution in [2.75, 3.05) is 5.32 Å². The number of hydrogen-bond donors (Lipinski definition) is 1. The molecule has 80 valence electrons. The van der Waals surface area contributed by atoms with E-state index in [0.29, 0.717) is 4.47 Å². The molecule has 0 radical (unpaired) electrons. The maximum absolute atomic E-state index is 13.3. The van der Waals surface area contributed by atoms with Crippen molar-refractivity contribution in [3.05, 3.63) is 28.2 Å². The van der Waals surface area contributed by atoms with Gasteiger partial charge in [-0.05, 0) is 19.1 Å². The molecule has 0 spiro atoms. The second-order valence-corrected chi connectivity index (χ2v) is 4.07. The minimum absolute atomic E-state index is 0.189. The van der Waals surface area contributed by atoms with Gasteiger partial charge in [-0.15, -0.1) is 0 Å². The van der Waals surface area contributed by atoms with Gasteiger partial charge in [0.15, 0.2) is 0 Å². The number of hydrogen-bond acceptors (Lipinski definition) is 2. The zero-order valence-corrected chi connectivity index (χ0v) is 9.61. The van der Waals surface area contributed by atoms with Crippen molar-refractivity contribution in [3.63, 3.8) is 0 Å². The smallest absolute Gasteiger partial charge is 0.150 e. The second-order valence-electron chi connectivity index (χ2n) is 3.15. The topological polar surface area (TPSA) is 35.8 Å². The fourth-order valence-corrected chi connectivity index (χ4v) is 1.52. The summed E-state index contributed by atoms with van der Waals surface area (Å²) < 4.78 is 26.9. The number of anilines is 1. The van der Waals surface area contributed by atoms with E-state index in [-0.39, 0.29) is 18.2 Å². The fourth-order valence-electron chi connectivity index (χ4n) is 1.11. The fraction of sp³-hybridized carbons (Fsp3) is 0.300. The van der Waals surface area contributed by atoms with Crippen LogP contribution in [0, 0.1) is 23.0 Å². The van der Waals surface area contributed by atoms with Gasteiger partial charge in [0.05, 0.1) is 12.5 Å². The highest BCUT2D eigenvalue weighted by atomic mass is 79.9. The molecule has 1 aromatic carbocycles. The van der Waals surface area contributed by atoms with Crippen molar-refractivity contribution in [2.45, 2.75) is 19.4 Å². The van der Waals surface area contributed by atoms with Gasteiger partial charge in [-0.3, -0.25) is 0 Å². The molecule has 0 aromatic heterocycles. The Balaban J connectivity index is 2.91. The third-order valence-corrected chi connectivity index (χ3v) is 2.25. The van der Waals surface area contributed by atoms with E-state index in [1.165, 1.54) is 12.1 Å². The van der Waals surface area contributed by atoms with Crippen LogP contribution >= 0.6 is 15.9 Å². The van der Waals surface area contributed by atoms with Crippen LogP contribution in [-0.2, 0) is 0 Å². The highest BCUT2D eigenvalue weighted by Crippen LogP contribution is 2.24. The van der Waals surface area contributed by atoms with Crippen LogP contribution in [0.4, 0.5) is 14.5 Å². The highest BCUT2D eigenvalue weighted by molar-refractivity contribution is 9.10.